The van der Waals surface area contributed by atoms with E-state index in [-0.39, 0.29) is 0 Å². The zero-order valence-corrected chi connectivity index (χ0v) is 7.99. The van der Waals surface area contributed by atoms with Crippen molar-refractivity contribution in [1.82, 2.24) is 9.97 Å². The van der Waals surface area contributed by atoms with E-state index in [1.54, 1.807) is 17.5 Å². The smallest absolute Gasteiger partial charge is 0.182 e. The molecule has 3 rings (SSSR count). The van der Waals surface area contributed by atoms with Gasteiger partial charge in [0, 0.05) is 17.1 Å². The molecule has 0 fully saturated rings. The van der Waals surface area contributed by atoms with Gasteiger partial charge in [-0.25, -0.2) is 9.97 Å². The Kier molecular flexibility index (Phi) is 1.61. The van der Waals surface area contributed by atoms with Crippen LogP contribution in [0.5, 0.6) is 0 Å². The summed E-state index contributed by atoms with van der Waals surface area (Å²) in [7, 11) is 0. The average molecular weight is 202 g/mol. The highest BCUT2D eigenvalue weighted by molar-refractivity contribution is 7.13. The monoisotopic (exact) mass is 202 g/mol. The topological polar surface area (TPSA) is 38.9 Å². The van der Waals surface area contributed by atoms with Crippen molar-refractivity contribution in [2.75, 3.05) is 0 Å². The Bertz CT molecular complexity index is 556. The van der Waals surface area contributed by atoms with Crippen LogP contribution in [0.3, 0.4) is 0 Å². The first-order chi connectivity index (χ1) is 6.95. The maximum absolute atomic E-state index is 5.22. The molecule has 0 radical (unpaired) electrons. The fourth-order valence-electron chi connectivity index (χ4n) is 1.42. The number of aromatic nitrogens is 2. The van der Waals surface area contributed by atoms with Crippen LogP contribution in [-0.4, -0.2) is 9.97 Å². The van der Waals surface area contributed by atoms with Gasteiger partial charge in [0.15, 0.2) is 12.0 Å². The van der Waals surface area contributed by atoms with E-state index in [0.29, 0.717) is 0 Å². The third-order valence-electron chi connectivity index (χ3n) is 2.02. The molecule has 0 spiro atoms. The molecule has 0 N–H and O–H groups in total. The van der Waals surface area contributed by atoms with Crippen LogP contribution in [-0.2, 0) is 0 Å². The summed E-state index contributed by atoms with van der Waals surface area (Å²) in [5.41, 5.74) is 2.71. The number of para-hydroxylation sites is 1. The summed E-state index contributed by atoms with van der Waals surface area (Å²) in [5, 5.41) is 2.93. The van der Waals surface area contributed by atoms with Crippen LogP contribution in [0.15, 0.2) is 40.6 Å². The van der Waals surface area contributed by atoms with Crippen molar-refractivity contribution < 1.29 is 4.42 Å². The van der Waals surface area contributed by atoms with Crippen molar-refractivity contribution in [2.45, 2.75) is 0 Å². The highest BCUT2D eigenvalue weighted by Gasteiger charge is 2.08. The highest BCUT2D eigenvalue weighted by Crippen LogP contribution is 2.28. The number of thiazole rings is 1. The molecule has 14 heavy (non-hydrogen) atoms. The number of rotatable bonds is 1. The molecular formula is C10H6N2OS. The predicted octanol–water partition coefficient (Wildman–Crippen LogP) is 2.95. The van der Waals surface area contributed by atoms with E-state index in [4.69, 9.17) is 4.42 Å². The van der Waals surface area contributed by atoms with Gasteiger partial charge >= 0.3 is 0 Å². The van der Waals surface area contributed by atoms with Gasteiger partial charge in [-0.3, -0.25) is 0 Å². The van der Waals surface area contributed by atoms with Gasteiger partial charge in [-0.1, -0.05) is 6.07 Å². The van der Waals surface area contributed by atoms with Gasteiger partial charge in [-0.15, -0.1) is 11.3 Å². The minimum atomic E-state index is 0.803. The van der Waals surface area contributed by atoms with E-state index in [0.717, 1.165) is 21.7 Å². The first-order valence-electron chi connectivity index (χ1n) is 4.17. The van der Waals surface area contributed by atoms with E-state index in [1.807, 2.05) is 23.6 Å². The molecule has 0 aliphatic heterocycles. The van der Waals surface area contributed by atoms with Crippen LogP contribution >= 0.6 is 11.3 Å². The van der Waals surface area contributed by atoms with Crippen molar-refractivity contribution in [3.8, 4) is 10.6 Å². The normalized spacial score (nSPS) is 10.9. The van der Waals surface area contributed by atoms with Gasteiger partial charge in [-0.05, 0) is 12.1 Å². The number of hydrogen-bond acceptors (Lipinski definition) is 4. The maximum Gasteiger partial charge on any atom is 0.182 e. The van der Waals surface area contributed by atoms with Crippen molar-refractivity contribution in [3.63, 3.8) is 0 Å². The number of nitrogens with zero attached hydrogens (tertiary/aromatic N) is 2. The molecule has 3 aromatic rings. The molecule has 0 saturated carbocycles. The molecule has 0 aliphatic rings. The van der Waals surface area contributed by atoms with E-state index >= 15 is 0 Å². The number of oxazole rings is 1. The number of fused-ring (bicyclic) bond motifs is 1. The fourth-order valence-corrected chi connectivity index (χ4v) is 2.08. The largest absolute Gasteiger partial charge is 0.443 e. The summed E-state index contributed by atoms with van der Waals surface area (Å²) in [5.74, 6) is 0. The van der Waals surface area contributed by atoms with Crippen LogP contribution in [0.1, 0.15) is 0 Å². The molecule has 1 aromatic carbocycles. The molecular weight excluding hydrogens is 196 g/mol. The Morgan fingerprint density at radius 1 is 1.21 bits per heavy atom. The maximum atomic E-state index is 5.22. The van der Waals surface area contributed by atoms with Crippen molar-refractivity contribution in [2.24, 2.45) is 0 Å². The second-order valence-electron chi connectivity index (χ2n) is 2.84. The molecule has 2 heterocycles. The molecule has 68 valence electrons. The molecule has 0 amide bonds. The second-order valence-corrected chi connectivity index (χ2v) is 3.74. The zero-order valence-electron chi connectivity index (χ0n) is 7.18. The van der Waals surface area contributed by atoms with Gasteiger partial charge < -0.3 is 4.42 Å². The van der Waals surface area contributed by atoms with Crippen LogP contribution < -0.4 is 0 Å². The number of benzene rings is 1. The molecule has 0 aliphatic carbocycles. The van der Waals surface area contributed by atoms with E-state index in [1.165, 1.54) is 6.39 Å². The van der Waals surface area contributed by atoms with Gasteiger partial charge in [0.05, 0.1) is 0 Å². The van der Waals surface area contributed by atoms with Crippen molar-refractivity contribution in [3.05, 3.63) is 36.2 Å². The summed E-state index contributed by atoms with van der Waals surface area (Å²) in [6.45, 7) is 0. The minimum Gasteiger partial charge on any atom is -0.443 e. The summed E-state index contributed by atoms with van der Waals surface area (Å²) >= 11 is 1.60. The minimum absolute atomic E-state index is 0.803. The van der Waals surface area contributed by atoms with Crippen LogP contribution in [0.25, 0.3) is 21.7 Å². The third kappa shape index (κ3) is 1.04. The van der Waals surface area contributed by atoms with Crippen molar-refractivity contribution in [1.29, 1.82) is 0 Å². The van der Waals surface area contributed by atoms with Crippen molar-refractivity contribution >= 4 is 22.4 Å². The molecule has 0 saturated heterocycles. The summed E-state index contributed by atoms with van der Waals surface area (Å²) in [4.78, 5) is 8.43. The zero-order chi connectivity index (χ0) is 9.38. The Balaban J connectivity index is 2.36. The molecule has 3 nitrogen and oxygen atoms in total. The Hall–Kier alpha value is -1.68. The number of hydrogen-bond donors (Lipinski definition) is 0. The van der Waals surface area contributed by atoms with Gasteiger partial charge in [0.1, 0.15) is 10.5 Å². The van der Waals surface area contributed by atoms with Crippen LogP contribution in [0.4, 0.5) is 0 Å². The van der Waals surface area contributed by atoms with E-state index < -0.39 is 0 Å². The quantitative estimate of drug-likeness (QED) is 0.609. The lowest BCUT2D eigenvalue weighted by Gasteiger charge is -1.95. The highest BCUT2D eigenvalue weighted by atomic mass is 32.1. The van der Waals surface area contributed by atoms with E-state index in [2.05, 4.69) is 9.97 Å². The average Bonchev–Trinajstić information content (AvgIpc) is 2.88. The Labute approximate surface area is 84.0 Å². The Morgan fingerprint density at radius 3 is 3.07 bits per heavy atom. The first kappa shape index (κ1) is 7.70. The van der Waals surface area contributed by atoms with Gasteiger partial charge in [-0.2, -0.15) is 0 Å². The molecule has 2 aromatic heterocycles. The Morgan fingerprint density at radius 2 is 2.21 bits per heavy atom. The SMILES string of the molecule is c1cc(-c2nccs2)c2ncoc2c1. The van der Waals surface area contributed by atoms with Crippen LogP contribution in [0, 0.1) is 0 Å². The molecule has 0 bridgehead atoms. The summed E-state index contributed by atoms with van der Waals surface area (Å²) < 4.78 is 5.22. The van der Waals surface area contributed by atoms with Gasteiger partial charge in [0.2, 0.25) is 0 Å². The second kappa shape index (κ2) is 2.92. The lowest BCUT2D eigenvalue weighted by Crippen LogP contribution is -1.77. The molecule has 4 heteroatoms. The fraction of sp³-hybridized carbons (Fsp3) is 0. The summed E-state index contributed by atoms with van der Waals surface area (Å²) in [6.07, 6.45) is 3.25. The van der Waals surface area contributed by atoms with Crippen LogP contribution in [0.2, 0.25) is 0 Å². The molecule has 0 atom stereocenters. The summed E-state index contributed by atoms with van der Waals surface area (Å²) in [6, 6.07) is 5.85. The lowest BCUT2D eigenvalue weighted by atomic mass is 10.2. The standard InChI is InChI=1S/C10H6N2OS/c1-2-7(10-11-4-5-14-10)9-8(3-1)13-6-12-9/h1-6H. The van der Waals surface area contributed by atoms with Gasteiger partial charge in [0.25, 0.3) is 0 Å². The first-order valence-corrected chi connectivity index (χ1v) is 5.05. The molecule has 0 unspecified atom stereocenters. The third-order valence-corrected chi connectivity index (χ3v) is 2.83. The lowest BCUT2D eigenvalue weighted by molar-refractivity contribution is 0.602. The van der Waals surface area contributed by atoms with E-state index in [9.17, 15) is 0 Å². The predicted molar refractivity (Wildman–Crippen MR) is 55.1 cm³/mol.